The van der Waals surface area contributed by atoms with Gasteiger partial charge < -0.3 is 20.9 Å². The molecule has 1 aliphatic carbocycles. The fourth-order valence-electron chi connectivity index (χ4n) is 2.94. The topological polar surface area (TPSA) is 67.5 Å². The maximum atomic E-state index is 8.94. The molecule has 1 aromatic rings. The molecular formula is C15H24N2O2. The van der Waals surface area contributed by atoms with Crippen molar-refractivity contribution in [3.63, 3.8) is 0 Å². The molecule has 4 N–H and O–H groups in total. The van der Waals surface area contributed by atoms with Crippen LogP contribution in [0, 0.1) is 0 Å². The lowest BCUT2D eigenvalue weighted by molar-refractivity contribution is 0.253. The van der Waals surface area contributed by atoms with Crippen LogP contribution in [0.25, 0.3) is 0 Å². The van der Waals surface area contributed by atoms with Gasteiger partial charge in [0, 0.05) is 13.2 Å². The van der Waals surface area contributed by atoms with Crippen molar-refractivity contribution in [2.45, 2.75) is 31.2 Å². The molecule has 0 heterocycles. The number of benzene rings is 1. The van der Waals surface area contributed by atoms with Gasteiger partial charge in [-0.3, -0.25) is 0 Å². The SMILES string of the molecule is COc1ccc2c(c1)C(CN)(NCCCO)CCC2. The Hall–Kier alpha value is -1.10. The summed E-state index contributed by atoms with van der Waals surface area (Å²) in [6.45, 7) is 1.56. The van der Waals surface area contributed by atoms with Crippen molar-refractivity contribution < 1.29 is 9.84 Å². The monoisotopic (exact) mass is 264 g/mol. The molecule has 0 radical (unpaired) electrons. The van der Waals surface area contributed by atoms with Gasteiger partial charge in [0.2, 0.25) is 0 Å². The zero-order chi connectivity index (χ0) is 13.7. The number of aliphatic hydroxyl groups is 1. The number of hydrogen-bond donors (Lipinski definition) is 3. The van der Waals surface area contributed by atoms with E-state index in [9.17, 15) is 0 Å². The van der Waals surface area contributed by atoms with Crippen molar-refractivity contribution in [2.24, 2.45) is 5.73 Å². The maximum Gasteiger partial charge on any atom is 0.119 e. The number of rotatable bonds is 6. The highest BCUT2D eigenvalue weighted by Crippen LogP contribution is 2.36. The molecule has 0 fully saturated rings. The summed E-state index contributed by atoms with van der Waals surface area (Å²) in [5.41, 5.74) is 8.51. The van der Waals surface area contributed by atoms with Crippen LogP contribution in [0.1, 0.15) is 30.4 Å². The third kappa shape index (κ3) is 2.91. The van der Waals surface area contributed by atoms with E-state index < -0.39 is 0 Å². The standard InChI is InChI=1S/C15H24N2O2/c1-19-13-6-5-12-4-2-7-15(11-16,14(12)10-13)17-8-3-9-18/h5-6,10,17-18H,2-4,7-9,11,16H2,1H3. The summed E-state index contributed by atoms with van der Waals surface area (Å²) in [6.07, 6.45) is 4.03. The van der Waals surface area contributed by atoms with Crippen LogP contribution in [0.3, 0.4) is 0 Å². The van der Waals surface area contributed by atoms with Crippen LogP contribution < -0.4 is 15.8 Å². The molecule has 1 aromatic carbocycles. The Kier molecular flexibility index (Phi) is 4.80. The number of methoxy groups -OCH3 is 1. The minimum absolute atomic E-state index is 0.169. The van der Waals surface area contributed by atoms with Gasteiger partial charge in [0.05, 0.1) is 12.6 Å². The summed E-state index contributed by atoms with van der Waals surface area (Å²) in [5.74, 6) is 0.877. The molecule has 0 amide bonds. The Balaban J connectivity index is 2.30. The highest BCUT2D eigenvalue weighted by molar-refractivity contribution is 5.42. The van der Waals surface area contributed by atoms with Gasteiger partial charge in [-0.25, -0.2) is 0 Å². The van der Waals surface area contributed by atoms with E-state index >= 15 is 0 Å². The molecule has 1 atom stereocenters. The third-order valence-corrected chi connectivity index (χ3v) is 4.03. The van der Waals surface area contributed by atoms with E-state index in [1.54, 1.807) is 7.11 Å². The van der Waals surface area contributed by atoms with Gasteiger partial charge in [-0.05, 0) is 55.5 Å². The number of fused-ring (bicyclic) bond motifs is 1. The van der Waals surface area contributed by atoms with Gasteiger partial charge in [0.15, 0.2) is 0 Å². The van der Waals surface area contributed by atoms with Gasteiger partial charge in [-0.2, -0.15) is 0 Å². The quantitative estimate of drug-likeness (QED) is 0.674. The molecule has 0 aromatic heterocycles. The summed E-state index contributed by atoms with van der Waals surface area (Å²) in [7, 11) is 1.69. The van der Waals surface area contributed by atoms with Crippen LogP contribution >= 0.6 is 0 Å². The summed E-state index contributed by atoms with van der Waals surface area (Å²) in [6, 6.07) is 6.26. The maximum absolute atomic E-state index is 8.94. The zero-order valence-electron chi connectivity index (χ0n) is 11.6. The lowest BCUT2D eigenvalue weighted by Crippen LogP contribution is -2.51. The highest BCUT2D eigenvalue weighted by Gasteiger charge is 2.34. The minimum Gasteiger partial charge on any atom is -0.497 e. The molecule has 0 saturated carbocycles. The molecule has 106 valence electrons. The second kappa shape index (κ2) is 6.37. The van der Waals surface area contributed by atoms with Crippen LogP contribution in [-0.4, -0.2) is 31.9 Å². The zero-order valence-corrected chi connectivity index (χ0v) is 11.6. The fourth-order valence-corrected chi connectivity index (χ4v) is 2.94. The fraction of sp³-hybridized carbons (Fsp3) is 0.600. The van der Waals surface area contributed by atoms with E-state index in [4.69, 9.17) is 15.6 Å². The normalized spacial score (nSPS) is 22.1. The first-order valence-corrected chi connectivity index (χ1v) is 6.99. The third-order valence-electron chi connectivity index (χ3n) is 4.03. The first-order chi connectivity index (χ1) is 9.25. The number of ether oxygens (including phenoxy) is 1. The van der Waals surface area contributed by atoms with E-state index in [2.05, 4.69) is 17.4 Å². The van der Waals surface area contributed by atoms with E-state index in [0.717, 1.165) is 38.0 Å². The summed E-state index contributed by atoms with van der Waals surface area (Å²) in [5, 5.41) is 12.5. The van der Waals surface area contributed by atoms with Crippen molar-refractivity contribution in [3.8, 4) is 5.75 Å². The number of aryl methyl sites for hydroxylation is 1. The van der Waals surface area contributed by atoms with Crippen LogP contribution in [0.4, 0.5) is 0 Å². The number of aliphatic hydroxyl groups excluding tert-OH is 1. The van der Waals surface area contributed by atoms with Gasteiger partial charge in [-0.15, -0.1) is 0 Å². The van der Waals surface area contributed by atoms with Gasteiger partial charge >= 0.3 is 0 Å². The average Bonchev–Trinajstić information content (AvgIpc) is 2.47. The second-order valence-corrected chi connectivity index (χ2v) is 5.17. The molecule has 19 heavy (non-hydrogen) atoms. The first kappa shape index (κ1) is 14.3. The number of nitrogens with one attached hydrogen (secondary N) is 1. The van der Waals surface area contributed by atoms with Gasteiger partial charge in [0.1, 0.15) is 5.75 Å². The second-order valence-electron chi connectivity index (χ2n) is 5.17. The molecule has 0 saturated heterocycles. The first-order valence-electron chi connectivity index (χ1n) is 6.99. The molecule has 0 spiro atoms. The van der Waals surface area contributed by atoms with Gasteiger partial charge in [-0.1, -0.05) is 6.07 Å². The molecule has 1 unspecified atom stereocenters. The molecule has 4 heteroatoms. The Bertz CT molecular complexity index is 423. The molecule has 0 aliphatic heterocycles. The van der Waals surface area contributed by atoms with Gasteiger partial charge in [0.25, 0.3) is 0 Å². The van der Waals surface area contributed by atoms with E-state index in [1.807, 2.05) is 6.07 Å². The largest absolute Gasteiger partial charge is 0.497 e. The Labute approximate surface area is 115 Å². The van der Waals surface area contributed by atoms with Crippen molar-refractivity contribution >= 4 is 0 Å². The minimum atomic E-state index is -0.169. The van der Waals surface area contributed by atoms with E-state index in [0.29, 0.717) is 6.54 Å². The summed E-state index contributed by atoms with van der Waals surface area (Å²) < 4.78 is 5.34. The molecule has 2 rings (SSSR count). The molecule has 1 aliphatic rings. The smallest absolute Gasteiger partial charge is 0.119 e. The predicted molar refractivity (Wildman–Crippen MR) is 76.4 cm³/mol. The Morgan fingerprint density at radius 2 is 2.32 bits per heavy atom. The summed E-state index contributed by atoms with van der Waals surface area (Å²) >= 11 is 0. The van der Waals surface area contributed by atoms with Crippen molar-refractivity contribution in [1.29, 1.82) is 0 Å². The van der Waals surface area contributed by atoms with Crippen molar-refractivity contribution in [3.05, 3.63) is 29.3 Å². The highest BCUT2D eigenvalue weighted by atomic mass is 16.5. The van der Waals surface area contributed by atoms with Crippen LogP contribution in [0.5, 0.6) is 5.75 Å². The van der Waals surface area contributed by atoms with Crippen molar-refractivity contribution in [1.82, 2.24) is 5.32 Å². The molecule has 0 bridgehead atoms. The average molecular weight is 264 g/mol. The van der Waals surface area contributed by atoms with Crippen molar-refractivity contribution in [2.75, 3.05) is 26.8 Å². The summed E-state index contributed by atoms with van der Waals surface area (Å²) in [4.78, 5) is 0. The Morgan fingerprint density at radius 1 is 1.47 bits per heavy atom. The number of nitrogens with two attached hydrogens (primary N) is 1. The van der Waals surface area contributed by atoms with Crippen LogP contribution in [-0.2, 0) is 12.0 Å². The lowest BCUT2D eigenvalue weighted by Gasteiger charge is -2.39. The van der Waals surface area contributed by atoms with Crippen LogP contribution in [0.15, 0.2) is 18.2 Å². The number of hydrogen-bond acceptors (Lipinski definition) is 4. The van der Waals surface area contributed by atoms with Crippen LogP contribution in [0.2, 0.25) is 0 Å². The Morgan fingerprint density at radius 3 is 3.00 bits per heavy atom. The molecular weight excluding hydrogens is 240 g/mol. The predicted octanol–water partition coefficient (Wildman–Crippen LogP) is 1.16. The lowest BCUT2D eigenvalue weighted by atomic mass is 9.76. The van der Waals surface area contributed by atoms with E-state index in [1.165, 1.54) is 11.1 Å². The van der Waals surface area contributed by atoms with E-state index in [-0.39, 0.29) is 12.1 Å². The molecule has 4 nitrogen and oxygen atoms in total.